The summed E-state index contributed by atoms with van der Waals surface area (Å²) in [6.07, 6.45) is 4.01. The minimum Gasteiger partial charge on any atom is -0.386 e. The van der Waals surface area contributed by atoms with Gasteiger partial charge >= 0.3 is 0 Å². The Labute approximate surface area is 89.4 Å². The van der Waals surface area contributed by atoms with E-state index < -0.39 is 12.2 Å². The zero-order valence-electron chi connectivity index (χ0n) is 9.23. The first-order valence-corrected chi connectivity index (χ1v) is 5.17. The van der Waals surface area contributed by atoms with Gasteiger partial charge < -0.3 is 9.84 Å². The molecule has 0 spiro atoms. The lowest BCUT2D eigenvalue weighted by Gasteiger charge is -2.13. The van der Waals surface area contributed by atoms with Crippen molar-refractivity contribution in [2.45, 2.75) is 39.1 Å². The Bertz CT molecular complexity index is 346. The molecule has 3 nitrogen and oxygen atoms in total. The number of aliphatic hydroxyl groups is 1. The first-order valence-electron chi connectivity index (χ1n) is 5.17. The molecule has 0 saturated carbocycles. The van der Waals surface area contributed by atoms with Gasteiger partial charge in [-0.15, -0.1) is 0 Å². The fourth-order valence-electron chi connectivity index (χ4n) is 1.60. The molecular formula is C12H16O3. The SMILES string of the molecule is CC(C)(C)/C=C/C1=C[C@@H](O)[C@@H]2O[C@@H]2C1=O. The van der Waals surface area contributed by atoms with E-state index in [2.05, 4.69) is 20.8 Å². The van der Waals surface area contributed by atoms with Crippen molar-refractivity contribution in [3.05, 3.63) is 23.8 Å². The number of rotatable bonds is 1. The Morgan fingerprint density at radius 3 is 2.73 bits per heavy atom. The second-order valence-corrected chi connectivity index (χ2v) is 5.20. The van der Waals surface area contributed by atoms with Gasteiger partial charge in [0.05, 0.1) is 0 Å². The van der Waals surface area contributed by atoms with Crippen molar-refractivity contribution in [1.82, 2.24) is 0 Å². The van der Waals surface area contributed by atoms with E-state index >= 15 is 0 Å². The van der Waals surface area contributed by atoms with Gasteiger partial charge in [0.2, 0.25) is 0 Å². The van der Waals surface area contributed by atoms with E-state index in [1.165, 1.54) is 0 Å². The number of allylic oxidation sites excluding steroid dienone is 2. The Balaban J connectivity index is 2.15. The summed E-state index contributed by atoms with van der Waals surface area (Å²) in [6.45, 7) is 6.18. The highest BCUT2D eigenvalue weighted by molar-refractivity contribution is 6.04. The number of carbonyl (C=O) groups is 1. The van der Waals surface area contributed by atoms with E-state index in [1.807, 2.05) is 6.08 Å². The van der Waals surface area contributed by atoms with Gasteiger partial charge in [0.15, 0.2) is 5.78 Å². The summed E-state index contributed by atoms with van der Waals surface area (Å²) in [5.74, 6) is -0.00852. The van der Waals surface area contributed by atoms with Crippen LogP contribution >= 0.6 is 0 Å². The average molecular weight is 208 g/mol. The van der Waals surface area contributed by atoms with Crippen LogP contribution < -0.4 is 0 Å². The van der Waals surface area contributed by atoms with E-state index in [1.54, 1.807) is 12.2 Å². The summed E-state index contributed by atoms with van der Waals surface area (Å²) >= 11 is 0. The molecule has 2 aliphatic rings. The highest BCUT2D eigenvalue weighted by Gasteiger charge is 2.52. The predicted octanol–water partition coefficient (Wildman–Crippen LogP) is 1.23. The number of hydrogen-bond donors (Lipinski definition) is 1. The van der Waals surface area contributed by atoms with Crippen molar-refractivity contribution in [3.63, 3.8) is 0 Å². The molecule has 0 aromatic rings. The number of carbonyl (C=O) groups excluding carboxylic acids is 1. The summed E-state index contributed by atoms with van der Waals surface area (Å²) in [5, 5.41) is 9.55. The zero-order valence-corrected chi connectivity index (χ0v) is 9.23. The van der Waals surface area contributed by atoms with Crippen molar-refractivity contribution in [1.29, 1.82) is 0 Å². The largest absolute Gasteiger partial charge is 0.386 e. The molecule has 3 atom stereocenters. The second kappa shape index (κ2) is 3.29. The molecule has 0 radical (unpaired) electrons. The highest BCUT2D eigenvalue weighted by atomic mass is 16.6. The second-order valence-electron chi connectivity index (χ2n) is 5.20. The van der Waals surface area contributed by atoms with Gasteiger partial charge in [-0.05, 0) is 11.5 Å². The quantitative estimate of drug-likeness (QED) is 0.659. The van der Waals surface area contributed by atoms with E-state index in [0.29, 0.717) is 5.57 Å². The molecule has 1 N–H and O–H groups in total. The van der Waals surface area contributed by atoms with Crippen molar-refractivity contribution < 1.29 is 14.6 Å². The molecule has 1 saturated heterocycles. The van der Waals surface area contributed by atoms with E-state index in [4.69, 9.17) is 4.74 Å². The summed E-state index contributed by atoms with van der Waals surface area (Å²) in [4.78, 5) is 11.7. The van der Waals surface area contributed by atoms with Crippen LogP contribution in [0.15, 0.2) is 23.8 Å². The summed E-state index contributed by atoms with van der Waals surface area (Å²) < 4.78 is 5.08. The van der Waals surface area contributed by atoms with Gasteiger partial charge in [-0.1, -0.05) is 32.9 Å². The summed E-state index contributed by atoms with van der Waals surface area (Å²) in [7, 11) is 0. The fourth-order valence-corrected chi connectivity index (χ4v) is 1.60. The van der Waals surface area contributed by atoms with Crippen LogP contribution in [0.5, 0.6) is 0 Å². The summed E-state index contributed by atoms with van der Waals surface area (Å²) in [6, 6.07) is 0. The number of hydrogen-bond acceptors (Lipinski definition) is 3. The van der Waals surface area contributed by atoms with Gasteiger partial charge in [-0.3, -0.25) is 4.79 Å². The standard InChI is InChI=1S/C12H16O3/c1-12(2,3)5-4-7-6-8(13)10-11(15-10)9(7)14/h4-6,8,10-11,13H,1-3H3/b5-4+/t8-,10+,11-/m1/s1. The molecule has 3 heteroatoms. The fraction of sp³-hybridized carbons (Fsp3) is 0.583. The molecular weight excluding hydrogens is 192 g/mol. The Morgan fingerprint density at radius 2 is 2.13 bits per heavy atom. The highest BCUT2D eigenvalue weighted by Crippen LogP contribution is 2.34. The monoisotopic (exact) mass is 208 g/mol. The number of ether oxygens (including phenoxy) is 1. The van der Waals surface area contributed by atoms with Crippen LogP contribution in [0.2, 0.25) is 0 Å². The van der Waals surface area contributed by atoms with Gasteiger partial charge in [0, 0.05) is 5.57 Å². The van der Waals surface area contributed by atoms with E-state index in [0.717, 1.165) is 0 Å². The Morgan fingerprint density at radius 1 is 1.47 bits per heavy atom. The maximum Gasteiger partial charge on any atom is 0.194 e. The molecule has 82 valence electrons. The van der Waals surface area contributed by atoms with Crippen LogP contribution in [0.1, 0.15) is 20.8 Å². The Hall–Kier alpha value is -0.930. The first-order chi connectivity index (χ1) is 6.88. The van der Waals surface area contributed by atoms with E-state index in [9.17, 15) is 9.90 Å². The third-order valence-corrected chi connectivity index (χ3v) is 2.52. The minimum atomic E-state index is -0.632. The molecule has 1 fully saturated rings. The van der Waals surface area contributed by atoms with Gasteiger partial charge in [0.1, 0.15) is 18.3 Å². The van der Waals surface area contributed by atoms with Gasteiger partial charge in [-0.2, -0.15) is 0 Å². The molecule has 1 aliphatic carbocycles. The normalized spacial score (nSPS) is 35.3. The molecule has 0 aromatic heterocycles. The van der Waals surface area contributed by atoms with Gasteiger partial charge in [0.25, 0.3) is 0 Å². The van der Waals surface area contributed by atoms with Crippen molar-refractivity contribution in [2.24, 2.45) is 5.41 Å². The lowest BCUT2D eigenvalue weighted by Crippen LogP contribution is -2.26. The predicted molar refractivity (Wildman–Crippen MR) is 56.4 cm³/mol. The first kappa shape index (κ1) is 10.6. The van der Waals surface area contributed by atoms with Crippen LogP contribution in [0, 0.1) is 5.41 Å². The number of fused-ring (bicyclic) bond motifs is 1. The third-order valence-electron chi connectivity index (χ3n) is 2.52. The molecule has 15 heavy (non-hydrogen) atoms. The number of aliphatic hydroxyl groups excluding tert-OH is 1. The molecule has 1 heterocycles. The maximum absolute atomic E-state index is 11.7. The molecule has 0 bridgehead atoms. The number of ketones is 1. The maximum atomic E-state index is 11.7. The average Bonchev–Trinajstić information content (AvgIpc) is 2.87. The number of Topliss-reactive ketones (excluding diaryl/α,β-unsaturated/α-hetero) is 1. The van der Waals surface area contributed by atoms with Crippen LogP contribution in [0.3, 0.4) is 0 Å². The minimum absolute atomic E-state index is 0.00852. The van der Waals surface area contributed by atoms with Crippen LogP contribution in [-0.4, -0.2) is 29.2 Å². The Kier molecular flexibility index (Phi) is 2.32. The summed E-state index contributed by atoms with van der Waals surface area (Å²) in [5.41, 5.74) is 0.601. The topological polar surface area (TPSA) is 49.8 Å². The van der Waals surface area contributed by atoms with Crippen molar-refractivity contribution >= 4 is 5.78 Å². The molecule has 1 aliphatic heterocycles. The van der Waals surface area contributed by atoms with E-state index in [-0.39, 0.29) is 17.3 Å². The lowest BCUT2D eigenvalue weighted by molar-refractivity contribution is -0.116. The van der Waals surface area contributed by atoms with Crippen LogP contribution in [-0.2, 0) is 9.53 Å². The number of epoxide rings is 1. The molecule has 2 rings (SSSR count). The van der Waals surface area contributed by atoms with Crippen molar-refractivity contribution in [3.8, 4) is 0 Å². The zero-order chi connectivity index (χ0) is 11.2. The van der Waals surface area contributed by atoms with Crippen LogP contribution in [0.25, 0.3) is 0 Å². The molecule has 0 amide bonds. The third kappa shape index (κ3) is 2.19. The lowest BCUT2D eigenvalue weighted by atomic mass is 9.91. The van der Waals surface area contributed by atoms with Gasteiger partial charge in [-0.25, -0.2) is 0 Å². The molecule has 0 aromatic carbocycles. The van der Waals surface area contributed by atoms with Crippen molar-refractivity contribution in [2.75, 3.05) is 0 Å². The molecule has 0 unspecified atom stereocenters. The van der Waals surface area contributed by atoms with Crippen LogP contribution in [0.4, 0.5) is 0 Å². The smallest absolute Gasteiger partial charge is 0.194 e.